The highest BCUT2D eigenvalue weighted by molar-refractivity contribution is 5.87. The second-order valence-electron chi connectivity index (χ2n) is 35.9. The van der Waals surface area contributed by atoms with Crippen molar-refractivity contribution in [3.8, 4) is 5.75 Å². The number of esters is 2. The number of methoxy groups -OCH3 is 1. The molecular formula is C79H118O40. The molecule has 0 bridgehead atoms. The Labute approximate surface area is 684 Å². The van der Waals surface area contributed by atoms with Crippen LogP contribution in [0.3, 0.4) is 0 Å². The number of aliphatic hydroxyl groups excluding tert-OH is 19. The number of benzene rings is 1. The number of carboxylic acid groups (broad SMARTS) is 1. The lowest BCUT2D eigenvalue weighted by atomic mass is 9.33. The summed E-state index contributed by atoms with van der Waals surface area (Å²) in [5.41, 5.74) is -9.57. The van der Waals surface area contributed by atoms with Crippen molar-refractivity contribution in [3.63, 3.8) is 0 Å². The Morgan fingerprint density at radius 2 is 1.08 bits per heavy atom. The normalized spacial score (nSPS) is 50.5. The summed E-state index contributed by atoms with van der Waals surface area (Å²) in [6.45, 7) is 6.21. The average Bonchev–Trinajstić information content (AvgIpc) is 0.969. The van der Waals surface area contributed by atoms with E-state index in [4.69, 9.17) is 75.8 Å². The minimum atomic E-state index is -2.37. The number of aliphatic carboxylic acids is 1. The Hall–Kier alpha value is -4.41. The van der Waals surface area contributed by atoms with Crippen LogP contribution in [0, 0.1) is 50.2 Å². The molecule has 119 heavy (non-hydrogen) atoms. The van der Waals surface area contributed by atoms with E-state index in [0.717, 1.165) is 6.08 Å². The van der Waals surface area contributed by atoms with Crippen LogP contribution in [-0.4, -0.2) is 387 Å². The average molecular weight is 1710 g/mol. The van der Waals surface area contributed by atoms with Crippen molar-refractivity contribution in [1.29, 1.82) is 0 Å². The summed E-state index contributed by atoms with van der Waals surface area (Å²) in [5.74, 6) is -5.63. The first kappa shape index (κ1) is 92.3. The van der Waals surface area contributed by atoms with Crippen molar-refractivity contribution in [2.45, 2.75) is 308 Å². The molecule has 0 aromatic heterocycles. The molecule has 13 rings (SSSR count). The van der Waals surface area contributed by atoms with Gasteiger partial charge in [-0.15, -0.1) is 0 Å². The van der Waals surface area contributed by atoms with E-state index >= 15 is 4.79 Å². The molecule has 0 amide bonds. The molecule has 40 nitrogen and oxygen atoms in total. The third-order valence-corrected chi connectivity index (χ3v) is 28.4. The summed E-state index contributed by atoms with van der Waals surface area (Å²) in [7, 11) is 1.45. The number of carbonyl (C=O) groups is 3. The van der Waals surface area contributed by atoms with Crippen LogP contribution in [0.1, 0.15) is 105 Å². The van der Waals surface area contributed by atoms with Gasteiger partial charge in [0, 0.05) is 11.5 Å². The smallest absolute Gasteiger partial charge is 0.331 e. The van der Waals surface area contributed by atoms with Crippen molar-refractivity contribution < 1.29 is 197 Å². The number of fused-ring (bicyclic) bond motifs is 7. The lowest BCUT2D eigenvalue weighted by Gasteiger charge is -2.71. The molecule has 7 saturated heterocycles. The Kier molecular flexibility index (Phi) is 27.5. The molecule has 42 atom stereocenters. The van der Waals surface area contributed by atoms with E-state index in [-0.39, 0.29) is 51.4 Å². The highest BCUT2D eigenvalue weighted by atomic mass is 16.8. The first-order valence-electron chi connectivity index (χ1n) is 40.5. The van der Waals surface area contributed by atoms with E-state index in [1.165, 1.54) is 34.0 Å². The molecule has 21 N–H and O–H groups in total. The van der Waals surface area contributed by atoms with E-state index < -0.39 is 323 Å². The van der Waals surface area contributed by atoms with Gasteiger partial charge in [-0.2, -0.15) is 0 Å². The SMILES string of the molecule is COc1ccc(C=CC(=O)O[C@@H]2[C@H](O[C@@H]3O[C@H](CO)[C@@H](O)[C@H](O[C@@H]4OC[C@@H](O)[C@H](O)[C@H]4O)[C@H]3O)[C@@H](O[C@@H]3O[C@@H](C)[C@H](O[C@@H]4OC[C@@H](O)[C@H](O)[C@H]4O)[C@@H](O[C@@H]4OC[C@](O)(CO)[C@H]4O)[C@H]3O)[C@H](OC(=O)[C@@]34CC[C@]5(CO)C(=CC[C@@H]6[C@@]7(C)C[C@H](O)[C@H](O[C@@H]8O[C@H](CO)[C@@H](O)[C@H](O)[C@H]8O)[C@@](C)(C(=O)O)[C@@H]7CC[C@]65C)C3CC(C)(C)C[C@H]4O)O[C@@H]2C)cc1. The number of carboxylic acids is 1. The van der Waals surface area contributed by atoms with Gasteiger partial charge < -0.3 is 183 Å². The summed E-state index contributed by atoms with van der Waals surface area (Å²) in [5, 5.41) is 238. The van der Waals surface area contributed by atoms with Gasteiger partial charge in [-0.05, 0) is 130 Å². The second-order valence-corrected chi connectivity index (χ2v) is 35.9. The van der Waals surface area contributed by atoms with Crippen LogP contribution in [0.15, 0.2) is 42.0 Å². The van der Waals surface area contributed by atoms with Crippen LogP contribution >= 0.6 is 0 Å². The zero-order chi connectivity index (χ0) is 86.6. The molecule has 12 aliphatic rings. The highest BCUT2D eigenvalue weighted by Gasteiger charge is 2.75. The van der Waals surface area contributed by atoms with Crippen molar-refractivity contribution in [2.75, 3.05) is 53.4 Å². The van der Waals surface area contributed by atoms with Crippen molar-refractivity contribution in [2.24, 2.45) is 50.2 Å². The molecule has 674 valence electrons. The minimum Gasteiger partial charge on any atom is -0.497 e. The van der Waals surface area contributed by atoms with Crippen LogP contribution in [0.4, 0.5) is 0 Å². The van der Waals surface area contributed by atoms with Crippen molar-refractivity contribution in [3.05, 3.63) is 47.6 Å². The van der Waals surface area contributed by atoms with Gasteiger partial charge in [-0.1, -0.05) is 51.5 Å². The van der Waals surface area contributed by atoms with Crippen LogP contribution < -0.4 is 4.74 Å². The van der Waals surface area contributed by atoms with E-state index in [1.807, 2.05) is 33.8 Å². The molecule has 4 saturated carbocycles. The van der Waals surface area contributed by atoms with Gasteiger partial charge in [-0.25, -0.2) is 4.79 Å². The maximum Gasteiger partial charge on any atom is 0.331 e. The van der Waals surface area contributed by atoms with Crippen LogP contribution in [0.25, 0.3) is 6.08 Å². The third kappa shape index (κ3) is 16.3. The first-order chi connectivity index (χ1) is 56.1. The molecular weight excluding hydrogens is 1590 g/mol. The fraction of sp³-hybridized carbons (Fsp3) is 0.835. The van der Waals surface area contributed by atoms with E-state index in [9.17, 15) is 117 Å². The molecule has 0 radical (unpaired) electrons. The summed E-state index contributed by atoms with van der Waals surface area (Å²) < 4.78 is 98.4. The number of hydrogen-bond acceptors (Lipinski definition) is 39. The highest BCUT2D eigenvalue weighted by Crippen LogP contribution is 2.76. The third-order valence-electron chi connectivity index (χ3n) is 28.4. The number of ether oxygens (including phenoxy) is 16. The van der Waals surface area contributed by atoms with Crippen LogP contribution in [0.2, 0.25) is 0 Å². The van der Waals surface area contributed by atoms with E-state index in [1.54, 1.807) is 24.3 Å². The summed E-state index contributed by atoms with van der Waals surface area (Å²) in [6, 6.07) is 6.42. The zero-order valence-corrected chi connectivity index (χ0v) is 67.1. The standard InChI is InChI=1S/C79H118O40/c1-31-56(113-64-51(94)46(89)38(85)26-105-64)59(115-70-62(99)78(103,29-83)30-107-70)55(98)67(108-31)117-61-60(116-68-54(97)58(49(92)41(25-81)111-68)114-65-52(95)47(90)39(86)27-106-65)57(112-45(88)16-11-33-9-12-34(104-8)13-10-33)32(2)109-69(61)119-72(102)79-20-19-77(28-82)35(36(79)21-73(3,4)23-44(79)87)14-15-42-74(5)22-37(84)63(76(7,71(100)101)43(74)17-18-75(42,77)6)118-66-53(96)50(93)48(91)40(24-80)110-66/h9-14,16,31-32,36-44,46-70,80-87,89-99,103H,15,17-30H2,1-8H3,(H,100,101)/t31-,32+,36?,37-,38+,39+,40+,41+,42+,43+,44+,46-,47-,48+,49+,50-,51+,52+,53+,54+,55+,56-,57-,58-,59-,60-,61+,62-,63-,64-,65-,66-,67-,68-,69-,70-,74+,75+,76-,77-,78+,79-/m0/s1. The molecule has 1 aromatic carbocycles. The van der Waals surface area contributed by atoms with E-state index in [0.29, 0.717) is 16.9 Å². The second kappa shape index (κ2) is 35.4. The first-order valence-corrected chi connectivity index (χ1v) is 40.5. The van der Waals surface area contributed by atoms with Gasteiger partial charge in [0.2, 0.25) is 6.29 Å². The van der Waals surface area contributed by atoms with Gasteiger partial charge >= 0.3 is 17.9 Å². The van der Waals surface area contributed by atoms with Crippen LogP contribution in [0.5, 0.6) is 5.75 Å². The van der Waals surface area contributed by atoms with Gasteiger partial charge in [0.1, 0.15) is 139 Å². The minimum absolute atomic E-state index is 0.0476. The van der Waals surface area contributed by atoms with Gasteiger partial charge in [0.05, 0.1) is 83.2 Å². The topological polar surface area (TPSA) is 624 Å². The van der Waals surface area contributed by atoms with Crippen LogP contribution in [-0.2, 0) is 85.4 Å². The Morgan fingerprint density at radius 1 is 0.521 bits per heavy atom. The lowest BCUT2D eigenvalue weighted by molar-refractivity contribution is -0.401. The Morgan fingerprint density at radius 3 is 1.67 bits per heavy atom. The number of aliphatic hydroxyl groups is 20. The lowest BCUT2D eigenvalue weighted by Crippen LogP contribution is -2.71. The summed E-state index contributed by atoms with van der Waals surface area (Å²) in [4.78, 5) is 45.5. The number of carbonyl (C=O) groups excluding carboxylic acids is 2. The maximum absolute atomic E-state index is 16.8. The fourth-order valence-electron chi connectivity index (χ4n) is 21.6. The Bertz CT molecular complexity index is 3730. The molecule has 1 aromatic rings. The van der Waals surface area contributed by atoms with Gasteiger partial charge in [0.15, 0.2) is 49.9 Å². The predicted octanol–water partition coefficient (Wildman–Crippen LogP) is -6.34. The predicted molar refractivity (Wildman–Crippen MR) is 392 cm³/mol. The fourth-order valence-corrected chi connectivity index (χ4v) is 21.6. The maximum atomic E-state index is 16.8. The summed E-state index contributed by atoms with van der Waals surface area (Å²) >= 11 is 0. The van der Waals surface area contributed by atoms with Gasteiger partial charge in [0.25, 0.3) is 0 Å². The molecule has 7 aliphatic heterocycles. The molecule has 0 spiro atoms. The Balaban J connectivity index is 0.896. The van der Waals surface area contributed by atoms with Crippen molar-refractivity contribution >= 4 is 24.0 Å². The molecule has 11 fully saturated rings. The quantitative estimate of drug-likeness (QED) is 0.0210. The molecule has 1 unspecified atom stereocenters. The molecule has 7 heterocycles. The monoisotopic (exact) mass is 1710 g/mol. The zero-order valence-electron chi connectivity index (χ0n) is 67.1. The largest absolute Gasteiger partial charge is 0.497 e. The molecule has 5 aliphatic carbocycles. The summed E-state index contributed by atoms with van der Waals surface area (Å²) in [6.07, 6.45) is -58.5. The molecule has 40 heteroatoms. The van der Waals surface area contributed by atoms with E-state index in [2.05, 4.69) is 0 Å². The number of hydrogen-bond donors (Lipinski definition) is 21. The number of rotatable bonds is 23. The van der Waals surface area contributed by atoms with Gasteiger partial charge in [-0.3, -0.25) is 9.59 Å². The van der Waals surface area contributed by atoms with Crippen molar-refractivity contribution in [1.82, 2.24) is 0 Å². The number of allylic oxidation sites excluding steroid dienone is 1.